The molecule has 27 heavy (non-hydrogen) atoms. The van der Waals surface area contributed by atoms with E-state index >= 15 is 0 Å². The summed E-state index contributed by atoms with van der Waals surface area (Å²) in [6.07, 6.45) is 2.04. The van der Waals surface area contributed by atoms with Crippen molar-refractivity contribution >= 4 is 16.9 Å². The molecule has 1 atom stereocenters. The van der Waals surface area contributed by atoms with Gasteiger partial charge in [-0.05, 0) is 50.2 Å². The third-order valence-corrected chi connectivity index (χ3v) is 5.04. The van der Waals surface area contributed by atoms with Gasteiger partial charge in [0.1, 0.15) is 17.6 Å². The van der Waals surface area contributed by atoms with Crippen molar-refractivity contribution in [3.63, 3.8) is 0 Å². The smallest absolute Gasteiger partial charge is 0.246 e. The highest BCUT2D eigenvalue weighted by Crippen LogP contribution is 2.32. The molecule has 1 aromatic heterocycles. The number of rotatable bonds is 5. The van der Waals surface area contributed by atoms with E-state index in [-0.39, 0.29) is 18.5 Å². The lowest BCUT2D eigenvalue weighted by atomic mass is 10.0. The summed E-state index contributed by atoms with van der Waals surface area (Å²) in [5, 5.41) is 8.83. The Morgan fingerprint density at radius 3 is 2.37 bits per heavy atom. The van der Waals surface area contributed by atoms with Crippen LogP contribution in [0.3, 0.4) is 0 Å². The number of carbonyl (C=O) groups excluding carboxylic acids is 1. The van der Waals surface area contributed by atoms with Crippen LogP contribution in [-0.2, 0) is 17.9 Å². The molecule has 140 valence electrons. The van der Waals surface area contributed by atoms with Gasteiger partial charge < -0.3 is 9.80 Å². The van der Waals surface area contributed by atoms with Gasteiger partial charge in [-0.25, -0.2) is 0 Å². The molecule has 2 aromatic carbocycles. The Bertz CT molecular complexity index is 898. The van der Waals surface area contributed by atoms with Gasteiger partial charge in [0.05, 0.1) is 6.04 Å². The number of hydrogen-bond donors (Lipinski definition) is 0. The van der Waals surface area contributed by atoms with Crippen molar-refractivity contribution in [1.29, 1.82) is 0 Å². The van der Waals surface area contributed by atoms with Crippen LogP contribution in [0, 0.1) is 0 Å². The van der Waals surface area contributed by atoms with Crippen molar-refractivity contribution in [3.8, 4) is 0 Å². The quantitative estimate of drug-likeness (QED) is 0.699. The third-order valence-electron chi connectivity index (χ3n) is 5.04. The Morgan fingerprint density at radius 2 is 1.74 bits per heavy atom. The first-order valence-electron chi connectivity index (χ1n) is 9.43. The number of aromatic nitrogens is 3. The molecule has 6 nitrogen and oxygen atoms in total. The lowest BCUT2D eigenvalue weighted by Crippen LogP contribution is -2.34. The van der Waals surface area contributed by atoms with E-state index in [2.05, 4.69) is 53.5 Å². The molecule has 2 heterocycles. The van der Waals surface area contributed by atoms with Gasteiger partial charge in [-0.1, -0.05) is 36.4 Å². The zero-order valence-corrected chi connectivity index (χ0v) is 15.9. The fourth-order valence-corrected chi connectivity index (χ4v) is 3.81. The predicted octanol–water partition coefficient (Wildman–Crippen LogP) is 2.86. The molecule has 1 aliphatic heterocycles. The van der Waals surface area contributed by atoms with Crippen molar-refractivity contribution in [2.75, 3.05) is 20.6 Å². The minimum absolute atomic E-state index is 0.0789. The molecule has 1 unspecified atom stereocenters. The second-order valence-electron chi connectivity index (χ2n) is 7.44. The molecule has 0 aliphatic carbocycles. The summed E-state index contributed by atoms with van der Waals surface area (Å²) >= 11 is 0. The molecular formula is C21H25N5O. The van der Waals surface area contributed by atoms with Crippen LogP contribution >= 0.6 is 0 Å². The van der Waals surface area contributed by atoms with Crippen molar-refractivity contribution in [3.05, 3.63) is 59.7 Å². The van der Waals surface area contributed by atoms with E-state index in [0.717, 1.165) is 37.0 Å². The third kappa shape index (κ3) is 3.85. The van der Waals surface area contributed by atoms with E-state index in [1.807, 2.05) is 29.2 Å². The molecule has 4 rings (SSSR count). The topological polar surface area (TPSA) is 54.3 Å². The molecule has 6 heteroatoms. The second kappa shape index (κ2) is 7.48. The van der Waals surface area contributed by atoms with Crippen LogP contribution in [0.5, 0.6) is 0 Å². The molecule has 1 amide bonds. The fourth-order valence-electron chi connectivity index (χ4n) is 3.81. The number of hydrogen-bond acceptors (Lipinski definition) is 4. The highest BCUT2D eigenvalue weighted by molar-refractivity contribution is 5.78. The summed E-state index contributed by atoms with van der Waals surface area (Å²) in [5.41, 5.74) is 4.13. The van der Waals surface area contributed by atoms with Crippen LogP contribution in [-0.4, -0.2) is 51.3 Å². The molecule has 0 radical (unpaired) electrons. The van der Waals surface area contributed by atoms with Crippen LogP contribution < -0.4 is 0 Å². The Kier molecular flexibility index (Phi) is 4.90. The van der Waals surface area contributed by atoms with Crippen LogP contribution in [0.15, 0.2) is 48.5 Å². The summed E-state index contributed by atoms with van der Waals surface area (Å²) in [5.74, 6) is 0.0789. The number of nitrogens with zero attached hydrogens (tertiary/aromatic N) is 5. The van der Waals surface area contributed by atoms with Gasteiger partial charge in [-0.2, -0.15) is 15.0 Å². The van der Waals surface area contributed by atoms with Crippen molar-refractivity contribution in [2.45, 2.75) is 32.0 Å². The Balaban J connectivity index is 1.47. The van der Waals surface area contributed by atoms with Gasteiger partial charge in [0.2, 0.25) is 5.91 Å². The van der Waals surface area contributed by atoms with Crippen LogP contribution in [0.2, 0.25) is 0 Å². The number of fused-ring (bicyclic) bond motifs is 1. The van der Waals surface area contributed by atoms with E-state index in [1.54, 1.807) is 0 Å². The van der Waals surface area contributed by atoms with Crippen LogP contribution in [0.25, 0.3) is 11.0 Å². The number of carbonyl (C=O) groups is 1. The Labute approximate surface area is 159 Å². The lowest BCUT2D eigenvalue weighted by Gasteiger charge is -2.25. The second-order valence-corrected chi connectivity index (χ2v) is 7.44. The maximum Gasteiger partial charge on any atom is 0.246 e. The van der Waals surface area contributed by atoms with Gasteiger partial charge in [0.25, 0.3) is 0 Å². The maximum atomic E-state index is 12.9. The van der Waals surface area contributed by atoms with Crippen molar-refractivity contribution < 1.29 is 4.79 Å². The van der Waals surface area contributed by atoms with E-state index in [1.165, 1.54) is 15.9 Å². The number of benzene rings is 2. The maximum absolute atomic E-state index is 12.9. The summed E-state index contributed by atoms with van der Waals surface area (Å²) in [7, 11) is 4.13. The predicted molar refractivity (Wildman–Crippen MR) is 105 cm³/mol. The van der Waals surface area contributed by atoms with Gasteiger partial charge in [-0.15, -0.1) is 0 Å². The van der Waals surface area contributed by atoms with Gasteiger partial charge >= 0.3 is 0 Å². The molecule has 1 saturated heterocycles. The lowest BCUT2D eigenvalue weighted by molar-refractivity contribution is -0.133. The Morgan fingerprint density at radius 1 is 1.07 bits per heavy atom. The first kappa shape index (κ1) is 17.7. The van der Waals surface area contributed by atoms with E-state index in [0.29, 0.717) is 0 Å². The molecule has 0 spiro atoms. The summed E-state index contributed by atoms with van der Waals surface area (Å²) in [4.78, 5) is 18.6. The van der Waals surface area contributed by atoms with Gasteiger partial charge in [0.15, 0.2) is 0 Å². The van der Waals surface area contributed by atoms with Crippen LogP contribution in [0.1, 0.15) is 30.0 Å². The summed E-state index contributed by atoms with van der Waals surface area (Å²) in [6, 6.07) is 16.5. The van der Waals surface area contributed by atoms with E-state index in [9.17, 15) is 4.79 Å². The molecule has 0 N–H and O–H groups in total. The molecule has 0 saturated carbocycles. The molecular weight excluding hydrogens is 338 g/mol. The molecule has 1 fully saturated rings. The van der Waals surface area contributed by atoms with E-state index in [4.69, 9.17) is 0 Å². The SMILES string of the molecule is CN(C)Cc1ccc(C2CCCN2C(=O)Cn2nc3ccccc3n2)cc1. The number of amides is 1. The van der Waals surface area contributed by atoms with E-state index < -0.39 is 0 Å². The normalized spacial score (nSPS) is 17.1. The molecule has 1 aliphatic rings. The van der Waals surface area contributed by atoms with Gasteiger partial charge in [-0.3, -0.25) is 4.79 Å². The zero-order chi connectivity index (χ0) is 18.8. The average molecular weight is 363 g/mol. The fraction of sp³-hybridized carbons (Fsp3) is 0.381. The molecule has 3 aromatic rings. The largest absolute Gasteiger partial charge is 0.334 e. The van der Waals surface area contributed by atoms with Crippen molar-refractivity contribution in [1.82, 2.24) is 24.8 Å². The standard InChI is InChI=1S/C21H25N5O/c1-24(2)14-16-9-11-17(12-10-16)20-8-5-13-25(20)21(27)15-26-22-18-6-3-4-7-19(18)23-26/h3-4,6-7,9-12,20H,5,8,13-15H2,1-2H3. The van der Waals surface area contributed by atoms with Crippen molar-refractivity contribution in [2.24, 2.45) is 0 Å². The minimum Gasteiger partial charge on any atom is -0.334 e. The first-order chi connectivity index (χ1) is 13.1. The van der Waals surface area contributed by atoms with Crippen LogP contribution in [0.4, 0.5) is 0 Å². The highest BCUT2D eigenvalue weighted by Gasteiger charge is 2.30. The molecule has 0 bridgehead atoms. The zero-order valence-electron chi connectivity index (χ0n) is 15.9. The summed E-state index contributed by atoms with van der Waals surface area (Å²) < 4.78 is 0. The first-order valence-corrected chi connectivity index (χ1v) is 9.43. The van der Waals surface area contributed by atoms with Gasteiger partial charge in [0, 0.05) is 13.1 Å². The number of likely N-dealkylation sites (tertiary alicyclic amines) is 1. The monoisotopic (exact) mass is 363 g/mol. The Hall–Kier alpha value is -2.73. The summed E-state index contributed by atoms with van der Waals surface area (Å²) in [6.45, 7) is 1.90. The highest BCUT2D eigenvalue weighted by atomic mass is 16.2. The minimum atomic E-state index is 0.0789. The average Bonchev–Trinajstić information content (AvgIpc) is 3.28.